The van der Waals surface area contributed by atoms with Gasteiger partial charge in [0.1, 0.15) is 12.5 Å². The Balaban J connectivity index is 1.78. The van der Waals surface area contributed by atoms with Gasteiger partial charge in [0.15, 0.2) is 5.58 Å². The minimum Gasteiger partial charge on any atom is -0.534 e. The molecule has 0 unspecified atom stereocenters. The van der Waals surface area contributed by atoms with Gasteiger partial charge in [-0.15, -0.1) is 0 Å². The van der Waals surface area contributed by atoms with Crippen LogP contribution in [0.5, 0.6) is 5.75 Å². The van der Waals surface area contributed by atoms with E-state index in [-0.39, 0.29) is 11.8 Å². The molecule has 0 aliphatic heterocycles. The average molecular weight is 478 g/mol. The maximum atomic E-state index is 12.5. The first-order valence-corrected chi connectivity index (χ1v) is 13.3. The fraction of sp³-hybridized carbons (Fsp3) is 0.296. The van der Waals surface area contributed by atoms with Crippen LogP contribution < -0.4 is 20.6 Å². The summed E-state index contributed by atoms with van der Waals surface area (Å²) in [5.74, 6) is 0.206. The normalized spacial score (nSPS) is 12.2. The van der Waals surface area contributed by atoms with Crippen LogP contribution in [-0.2, 0) is 16.2 Å². The van der Waals surface area contributed by atoms with E-state index in [2.05, 4.69) is 69.3 Å². The smallest absolute Gasteiger partial charge is 0.421 e. The molecule has 0 bridgehead atoms. The van der Waals surface area contributed by atoms with Crippen molar-refractivity contribution in [3.05, 3.63) is 89.4 Å². The molecule has 0 saturated carbocycles. The molecule has 4 rings (SSSR count). The molecule has 0 aliphatic carbocycles. The van der Waals surface area contributed by atoms with Gasteiger partial charge in [0.05, 0.1) is 18.7 Å². The zero-order chi connectivity index (χ0) is 24.2. The van der Waals surface area contributed by atoms with E-state index >= 15 is 0 Å². The summed E-state index contributed by atoms with van der Waals surface area (Å²) in [6.07, 6.45) is 0. The van der Waals surface area contributed by atoms with Gasteiger partial charge in [-0.3, -0.25) is 0 Å². The van der Waals surface area contributed by atoms with Crippen LogP contribution in [0.1, 0.15) is 20.8 Å². The summed E-state index contributed by atoms with van der Waals surface area (Å²) in [7, 11) is -1.17. The third kappa shape index (κ3) is 4.59. The van der Waals surface area contributed by atoms with Crippen molar-refractivity contribution >= 4 is 29.8 Å². The Kier molecular flexibility index (Phi) is 7.07. The summed E-state index contributed by atoms with van der Waals surface area (Å²) in [4.78, 5) is 12.5. The molecule has 0 N–H and O–H groups in total. The minimum absolute atomic E-state index is 0.101. The average Bonchev–Trinajstić information content (AvgIpc) is 3.14. The van der Waals surface area contributed by atoms with Crippen molar-refractivity contribution in [1.29, 1.82) is 0 Å². The molecule has 1 heterocycles. The highest BCUT2D eigenvalue weighted by atomic mass is 28.4. The summed E-state index contributed by atoms with van der Waals surface area (Å²) in [6.45, 7) is 7.64. The summed E-state index contributed by atoms with van der Waals surface area (Å²) < 4.78 is 24.6. The summed E-state index contributed by atoms with van der Waals surface area (Å²) in [5, 5.41) is 2.19. The molecule has 0 spiro atoms. The van der Waals surface area contributed by atoms with Crippen LogP contribution in [0.25, 0.3) is 11.1 Å². The van der Waals surface area contributed by atoms with E-state index in [1.54, 1.807) is 7.11 Å². The maximum absolute atomic E-state index is 12.5. The lowest BCUT2D eigenvalue weighted by Gasteiger charge is -2.42. The van der Waals surface area contributed by atoms with Crippen molar-refractivity contribution in [3.8, 4) is 5.75 Å². The molecular weight excluding hydrogens is 446 g/mol. The van der Waals surface area contributed by atoms with Crippen molar-refractivity contribution in [3.63, 3.8) is 0 Å². The van der Waals surface area contributed by atoms with Crippen LogP contribution in [0.2, 0.25) is 5.04 Å². The molecule has 1 aromatic heterocycles. The fourth-order valence-electron chi connectivity index (χ4n) is 4.36. The minimum atomic E-state index is -2.78. The van der Waals surface area contributed by atoms with E-state index in [9.17, 15) is 4.79 Å². The number of hydrogen-bond donors (Lipinski definition) is 0. The van der Waals surface area contributed by atoms with Crippen molar-refractivity contribution in [1.82, 2.24) is 4.57 Å². The highest BCUT2D eigenvalue weighted by Gasteiger charge is 2.52. The van der Waals surface area contributed by atoms with Crippen LogP contribution in [0.3, 0.4) is 0 Å². The molecular formula is C27H31NO5Si. The molecule has 4 aromatic rings. The molecule has 3 aromatic carbocycles. The molecule has 0 radical (unpaired) electrons. The van der Waals surface area contributed by atoms with Crippen LogP contribution in [0, 0.1) is 0 Å². The number of oxazole rings is 1. The van der Waals surface area contributed by atoms with Gasteiger partial charge in [0.25, 0.3) is 0 Å². The Hall–Kier alpha value is -3.13. The summed E-state index contributed by atoms with van der Waals surface area (Å²) >= 11 is 0. The maximum Gasteiger partial charge on any atom is 0.421 e. The van der Waals surface area contributed by atoms with Gasteiger partial charge < -0.3 is 18.3 Å². The SMILES string of the molecule is COCCOCn1c(=O)oc2cc(O[Si](c3ccccc3)(c3ccccc3)C(C)(C)C)ccc21. The molecule has 7 heteroatoms. The number of fused-ring (bicyclic) bond motifs is 1. The van der Waals surface area contributed by atoms with E-state index < -0.39 is 14.1 Å². The zero-order valence-electron chi connectivity index (χ0n) is 20.1. The van der Waals surface area contributed by atoms with Crippen LogP contribution in [0.4, 0.5) is 0 Å². The van der Waals surface area contributed by atoms with E-state index in [0.717, 1.165) is 0 Å². The predicted octanol–water partition coefficient (Wildman–Crippen LogP) is 4.15. The number of hydrogen-bond acceptors (Lipinski definition) is 5. The molecule has 0 saturated heterocycles. The quantitative estimate of drug-likeness (QED) is 0.268. The van der Waals surface area contributed by atoms with E-state index in [1.807, 2.05) is 30.3 Å². The second-order valence-electron chi connectivity index (χ2n) is 9.22. The standard InChI is InChI=1S/C27H31NO5Si/c1-27(2,3)34(22-11-7-5-8-12-22,23-13-9-6-10-14-23)33-21-15-16-24-25(19-21)32-26(29)28(24)20-31-18-17-30-4/h5-16,19H,17-18,20H2,1-4H3. The number of ether oxygens (including phenoxy) is 2. The zero-order valence-corrected chi connectivity index (χ0v) is 21.1. The van der Waals surface area contributed by atoms with E-state index in [0.29, 0.717) is 30.1 Å². The van der Waals surface area contributed by atoms with Crippen LogP contribution in [-0.4, -0.2) is 33.2 Å². The van der Waals surface area contributed by atoms with E-state index in [4.69, 9.17) is 18.3 Å². The van der Waals surface area contributed by atoms with Crippen molar-refractivity contribution in [2.75, 3.05) is 20.3 Å². The molecule has 178 valence electrons. The number of aromatic nitrogens is 1. The van der Waals surface area contributed by atoms with Gasteiger partial charge in [-0.2, -0.15) is 0 Å². The third-order valence-corrected chi connectivity index (χ3v) is 10.9. The fourth-order valence-corrected chi connectivity index (χ4v) is 8.77. The summed E-state index contributed by atoms with van der Waals surface area (Å²) in [6, 6.07) is 26.4. The van der Waals surface area contributed by atoms with Gasteiger partial charge in [-0.1, -0.05) is 81.4 Å². The highest BCUT2D eigenvalue weighted by Crippen LogP contribution is 2.38. The number of methoxy groups -OCH3 is 1. The van der Waals surface area contributed by atoms with Crippen molar-refractivity contribution < 1.29 is 18.3 Å². The molecule has 0 amide bonds. The topological polar surface area (TPSA) is 62.8 Å². The lowest BCUT2D eigenvalue weighted by molar-refractivity contribution is 0.0330. The van der Waals surface area contributed by atoms with E-state index in [1.165, 1.54) is 14.9 Å². The first kappa shape index (κ1) is 24.0. The van der Waals surface area contributed by atoms with Crippen molar-refractivity contribution in [2.24, 2.45) is 0 Å². The third-order valence-electron chi connectivity index (χ3n) is 5.98. The predicted molar refractivity (Wildman–Crippen MR) is 137 cm³/mol. The lowest BCUT2D eigenvalue weighted by atomic mass is 10.2. The van der Waals surface area contributed by atoms with Crippen LogP contribution in [0.15, 0.2) is 88.1 Å². The van der Waals surface area contributed by atoms with Crippen molar-refractivity contribution in [2.45, 2.75) is 32.5 Å². The molecule has 0 aliphatic rings. The Labute approximate surface area is 200 Å². The van der Waals surface area contributed by atoms with Gasteiger partial charge >= 0.3 is 14.1 Å². The molecule has 34 heavy (non-hydrogen) atoms. The number of rotatable bonds is 9. The molecule has 6 nitrogen and oxygen atoms in total. The van der Waals surface area contributed by atoms with Gasteiger partial charge in [-0.05, 0) is 27.5 Å². The Bertz CT molecular complexity index is 1240. The highest BCUT2D eigenvalue weighted by molar-refractivity contribution is 7.00. The molecule has 0 atom stereocenters. The summed E-state index contributed by atoms with van der Waals surface area (Å²) in [5.41, 5.74) is 1.13. The molecule has 0 fully saturated rings. The van der Waals surface area contributed by atoms with Gasteiger partial charge in [-0.25, -0.2) is 9.36 Å². The Morgan fingerprint density at radius 2 is 1.50 bits per heavy atom. The number of nitrogens with zero attached hydrogens (tertiary/aromatic N) is 1. The van der Waals surface area contributed by atoms with Gasteiger partial charge in [0, 0.05) is 13.2 Å². The second-order valence-corrected chi connectivity index (χ2v) is 13.4. The second kappa shape index (κ2) is 10.0. The van der Waals surface area contributed by atoms with Crippen LogP contribution >= 0.6 is 0 Å². The van der Waals surface area contributed by atoms with Gasteiger partial charge in [0.2, 0.25) is 0 Å². The Morgan fingerprint density at radius 3 is 2.06 bits per heavy atom. The number of benzene rings is 3. The monoisotopic (exact) mass is 477 g/mol. The Morgan fingerprint density at radius 1 is 0.882 bits per heavy atom. The first-order valence-electron chi connectivity index (χ1n) is 11.4. The lowest BCUT2D eigenvalue weighted by Crippen LogP contribution is -2.68. The largest absolute Gasteiger partial charge is 0.534 e. The first-order chi connectivity index (χ1) is 16.4.